The van der Waals surface area contributed by atoms with Gasteiger partial charge in [-0.25, -0.2) is 9.11 Å². The van der Waals surface area contributed by atoms with E-state index >= 15 is 0 Å². The molecule has 0 amide bonds. The van der Waals surface area contributed by atoms with Gasteiger partial charge in [-0.2, -0.15) is 12.7 Å². The molecule has 1 saturated heterocycles. The minimum absolute atomic E-state index is 0.258. The van der Waals surface area contributed by atoms with Crippen molar-refractivity contribution in [2.45, 2.75) is 18.8 Å². The highest BCUT2D eigenvalue weighted by atomic mass is 32.2. The lowest BCUT2D eigenvalue weighted by Crippen LogP contribution is -2.43. The van der Waals surface area contributed by atoms with Crippen LogP contribution in [0.1, 0.15) is 24.3 Å². The molecular formula is C14H18FN3O2S. The molecule has 1 fully saturated rings. The molecule has 21 heavy (non-hydrogen) atoms. The number of aromatic amines is 1. The molecule has 0 spiro atoms. The fourth-order valence-electron chi connectivity index (χ4n) is 2.99. The topological polar surface area (TPSA) is 65.2 Å². The Morgan fingerprint density at radius 1 is 1.33 bits per heavy atom. The van der Waals surface area contributed by atoms with Crippen molar-refractivity contribution in [1.82, 2.24) is 14.0 Å². The Morgan fingerprint density at radius 3 is 2.71 bits per heavy atom. The van der Waals surface area contributed by atoms with Crippen LogP contribution in [-0.2, 0) is 10.2 Å². The number of rotatable bonds is 3. The van der Waals surface area contributed by atoms with Crippen LogP contribution in [0.4, 0.5) is 4.39 Å². The maximum Gasteiger partial charge on any atom is 0.279 e. The maximum absolute atomic E-state index is 13.2. The van der Waals surface area contributed by atoms with E-state index in [-0.39, 0.29) is 5.82 Å². The smallest absolute Gasteiger partial charge is 0.279 e. The molecule has 5 nitrogen and oxygen atoms in total. The minimum atomic E-state index is -3.34. The van der Waals surface area contributed by atoms with Crippen molar-refractivity contribution in [3.05, 3.63) is 35.8 Å². The molecule has 1 aromatic carbocycles. The summed E-state index contributed by atoms with van der Waals surface area (Å²) in [6.45, 7) is 1.00. The average molecular weight is 311 g/mol. The number of halogens is 1. The number of H-pyrrole nitrogens is 1. The standard InChI is InChI=1S/C14H18FN3O2S/c1-16-21(19,20)18-6-4-10(5-7-18)13-9-17-14-8-11(15)2-3-12(13)14/h2-3,8-10,16-17H,4-7H2,1H3. The summed E-state index contributed by atoms with van der Waals surface area (Å²) in [6, 6.07) is 4.73. The van der Waals surface area contributed by atoms with Crippen molar-refractivity contribution in [1.29, 1.82) is 0 Å². The van der Waals surface area contributed by atoms with E-state index in [9.17, 15) is 12.8 Å². The van der Waals surface area contributed by atoms with Gasteiger partial charge in [0.25, 0.3) is 10.2 Å². The van der Waals surface area contributed by atoms with Crippen molar-refractivity contribution in [2.75, 3.05) is 20.1 Å². The minimum Gasteiger partial charge on any atom is -0.361 e. The first-order chi connectivity index (χ1) is 10.0. The molecule has 2 N–H and O–H groups in total. The highest BCUT2D eigenvalue weighted by Crippen LogP contribution is 2.33. The molecule has 2 heterocycles. The summed E-state index contributed by atoms with van der Waals surface area (Å²) in [6.07, 6.45) is 3.45. The first kappa shape index (κ1) is 14.5. The summed E-state index contributed by atoms with van der Waals surface area (Å²) in [5.74, 6) is 0.0401. The zero-order valence-electron chi connectivity index (χ0n) is 11.8. The highest BCUT2D eigenvalue weighted by Gasteiger charge is 2.28. The number of nitrogens with one attached hydrogen (secondary N) is 2. The monoisotopic (exact) mass is 311 g/mol. The molecule has 0 aliphatic carbocycles. The second-order valence-electron chi connectivity index (χ2n) is 5.32. The molecule has 7 heteroatoms. The second-order valence-corrected chi connectivity index (χ2v) is 7.19. The summed E-state index contributed by atoms with van der Waals surface area (Å²) >= 11 is 0. The third-order valence-electron chi connectivity index (χ3n) is 4.17. The Labute approximate surface area is 123 Å². The van der Waals surface area contributed by atoms with Crippen LogP contribution in [0.15, 0.2) is 24.4 Å². The Morgan fingerprint density at radius 2 is 2.05 bits per heavy atom. The van der Waals surface area contributed by atoms with E-state index < -0.39 is 10.2 Å². The number of nitrogens with zero attached hydrogens (tertiary/aromatic N) is 1. The Kier molecular flexibility index (Phi) is 3.73. The van der Waals surface area contributed by atoms with Crippen LogP contribution in [0.25, 0.3) is 10.9 Å². The summed E-state index contributed by atoms with van der Waals surface area (Å²) in [5, 5.41) is 1.02. The summed E-state index contributed by atoms with van der Waals surface area (Å²) in [5.41, 5.74) is 1.93. The molecule has 1 aromatic heterocycles. The molecule has 0 saturated carbocycles. The number of piperidine rings is 1. The van der Waals surface area contributed by atoms with E-state index in [2.05, 4.69) is 9.71 Å². The van der Waals surface area contributed by atoms with Crippen LogP contribution in [0, 0.1) is 5.82 Å². The number of hydrogen-bond donors (Lipinski definition) is 2. The molecule has 0 atom stereocenters. The van der Waals surface area contributed by atoms with E-state index in [4.69, 9.17) is 0 Å². The summed E-state index contributed by atoms with van der Waals surface area (Å²) in [4.78, 5) is 3.09. The van der Waals surface area contributed by atoms with Crippen molar-refractivity contribution >= 4 is 21.1 Å². The largest absolute Gasteiger partial charge is 0.361 e. The van der Waals surface area contributed by atoms with Gasteiger partial charge < -0.3 is 4.98 Å². The van der Waals surface area contributed by atoms with E-state index in [0.29, 0.717) is 19.0 Å². The molecule has 1 aliphatic heterocycles. The fraction of sp³-hybridized carbons (Fsp3) is 0.429. The van der Waals surface area contributed by atoms with Gasteiger partial charge in [0, 0.05) is 37.2 Å². The molecule has 0 unspecified atom stereocenters. The fourth-order valence-corrected chi connectivity index (χ4v) is 3.94. The zero-order valence-corrected chi connectivity index (χ0v) is 12.6. The van der Waals surface area contributed by atoms with Crippen LogP contribution >= 0.6 is 0 Å². The van der Waals surface area contributed by atoms with Crippen molar-refractivity contribution in [3.8, 4) is 0 Å². The maximum atomic E-state index is 13.2. The van der Waals surface area contributed by atoms with Crippen molar-refractivity contribution < 1.29 is 12.8 Å². The van der Waals surface area contributed by atoms with Crippen LogP contribution in [0.5, 0.6) is 0 Å². The quantitative estimate of drug-likeness (QED) is 0.910. The van der Waals surface area contributed by atoms with Gasteiger partial charge in [0.15, 0.2) is 0 Å². The predicted molar refractivity (Wildman–Crippen MR) is 79.8 cm³/mol. The summed E-state index contributed by atoms with van der Waals surface area (Å²) < 4.78 is 40.6. The molecule has 3 rings (SSSR count). The first-order valence-corrected chi connectivity index (χ1v) is 8.40. The predicted octanol–water partition coefficient (Wildman–Crippen LogP) is 1.95. The van der Waals surface area contributed by atoms with Gasteiger partial charge in [0.1, 0.15) is 5.82 Å². The van der Waals surface area contributed by atoms with Crippen LogP contribution in [0.2, 0.25) is 0 Å². The van der Waals surface area contributed by atoms with Gasteiger partial charge in [0.05, 0.1) is 0 Å². The van der Waals surface area contributed by atoms with Gasteiger partial charge in [-0.1, -0.05) is 0 Å². The van der Waals surface area contributed by atoms with Crippen molar-refractivity contribution in [3.63, 3.8) is 0 Å². The Balaban J connectivity index is 1.80. The van der Waals surface area contributed by atoms with Crippen LogP contribution < -0.4 is 4.72 Å². The molecule has 2 aromatic rings. The lowest BCUT2D eigenvalue weighted by atomic mass is 9.90. The van der Waals surface area contributed by atoms with E-state index in [0.717, 1.165) is 29.3 Å². The highest BCUT2D eigenvalue weighted by molar-refractivity contribution is 7.87. The summed E-state index contributed by atoms with van der Waals surface area (Å²) in [7, 11) is -1.91. The second kappa shape index (κ2) is 5.40. The zero-order chi connectivity index (χ0) is 15.0. The van der Waals surface area contributed by atoms with E-state index in [1.807, 2.05) is 6.20 Å². The molecule has 114 valence electrons. The molecule has 1 aliphatic rings. The third kappa shape index (κ3) is 2.68. The van der Waals surface area contributed by atoms with E-state index in [1.165, 1.54) is 23.5 Å². The van der Waals surface area contributed by atoms with Crippen molar-refractivity contribution in [2.24, 2.45) is 0 Å². The third-order valence-corrected chi connectivity index (χ3v) is 5.73. The van der Waals surface area contributed by atoms with Gasteiger partial charge >= 0.3 is 0 Å². The lowest BCUT2D eigenvalue weighted by Gasteiger charge is -2.30. The number of hydrogen-bond acceptors (Lipinski definition) is 2. The molecule has 0 radical (unpaired) electrons. The molecular weight excluding hydrogens is 293 g/mol. The van der Waals surface area contributed by atoms with E-state index in [1.54, 1.807) is 6.07 Å². The lowest BCUT2D eigenvalue weighted by molar-refractivity contribution is 0.317. The first-order valence-electron chi connectivity index (χ1n) is 6.96. The Hall–Kier alpha value is -1.44. The van der Waals surface area contributed by atoms with Gasteiger partial charge in [-0.05, 0) is 42.5 Å². The van der Waals surface area contributed by atoms with Gasteiger partial charge in [0.2, 0.25) is 0 Å². The van der Waals surface area contributed by atoms with Gasteiger partial charge in [-0.15, -0.1) is 0 Å². The SMILES string of the molecule is CNS(=O)(=O)N1CCC(c2c[nH]c3cc(F)ccc23)CC1. The number of benzene rings is 1. The van der Waals surface area contributed by atoms with Gasteiger partial charge in [-0.3, -0.25) is 0 Å². The van der Waals surface area contributed by atoms with Crippen LogP contribution in [0.3, 0.4) is 0 Å². The van der Waals surface area contributed by atoms with Crippen LogP contribution in [-0.4, -0.2) is 37.8 Å². The molecule has 0 bridgehead atoms. The normalized spacial score (nSPS) is 18.4. The average Bonchev–Trinajstić information content (AvgIpc) is 2.90. The number of fused-ring (bicyclic) bond motifs is 1. The number of aromatic nitrogens is 1. The Bertz CT molecular complexity index is 749.